The van der Waals surface area contributed by atoms with Gasteiger partial charge in [-0.05, 0) is 23.6 Å². The highest BCUT2D eigenvalue weighted by Crippen LogP contribution is 2.38. The largest absolute Gasteiger partial charge is 0.348 e. The number of benzene rings is 3. The molecular weight excluding hydrogens is 410 g/mol. The second-order valence-corrected chi connectivity index (χ2v) is 8.97. The van der Waals surface area contributed by atoms with E-state index in [1.165, 1.54) is 21.2 Å². The van der Waals surface area contributed by atoms with Crippen LogP contribution in [0.15, 0.2) is 103 Å². The lowest BCUT2D eigenvalue weighted by atomic mass is 9.97. The summed E-state index contributed by atoms with van der Waals surface area (Å²) in [6, 6.07) is 29.5. The van der Waals surface area contributed by atoms with E-state index >= 15 is 0 Å². The molecule has 32 heavy (non-hydrogen) atoms. The van der Waals surface area contributed by atoms with Crippen LogP contribution in [-0.4, -0.2) is 16.0 Å². The zero-order valence-corrected chi connectivity index (χ0v) is 18.2. The van der Waals surface area contributed by atoms with Gasteiger partial charge in [-0.25, -0.2) is 9.97 Å². The summed E-state index contributed by atoms with van der Waals surface area (Å²) in [5, 5.41) is 4.77. The number of nitrogens with zero attached hydrogens (tertiary/aromatic N) is 2. The summed E-state index contributed by atoms with van der Waals surface area (Å²) in [6.45, 7) is 0. The maximum absolute atomic E-state index is 4.99. The van der Waals surface area contributed by atoms with Gasteiger partial charge in [0.15, 0.2) is 0 Å². The molecule has 0 aliphatic heterocycles. The van der Waals surface area contributed by atoms with Gasteiger partial charge in [0.05, 0.1) is 22.0 Å². The molecule has 1 unspecified atom stereocenters. The third-order valence-electron chi connectivity index (χ3n) is 5.76. The van der Waals surface area contributed by atoms with Gasteiger partial charge < -0.3 is 5.32 Å². The van der Waals surface area contributed by atoms with Crippen LogP contribution >= 0.6 is 11.3 Å². The Morgan fingerprint density at radius 1 is 0.781 bits per heavy atom. The van der Waals surface area contributed by atoms with Crippen LogP contribution in [0.25, 0.3) is 37.1 Å². The van der Waals surface area contributed by atoms with Gasteiger partial charge in [-0.2, -0.15) is 0 Å². The highest BCUT2D eigenvalue weighted by Gasteiger charge is 2.17. The van der Waals surface area contributed by atoms with Gasteiger partial charge in [-0.15, -0.1) is 11.3 Å². The van der Waals surface area contributed by atoms with Crippen LogP contribution in [0.3, 0.4) is 0 Å². The predicted molar refractivity (Wildman–Crippen MR) is 136 cm³/mol. The zero-order chi connectivity index (χ0) is 21.3. The average Bonchev–Trinajstić information content (AvgIpc) is 3.23. The summed E-state index contributed by atoms with van der Waals surface area (Å²) in [5.41, 5.74) is 5.55. The summed E-state index contributed by atoms with van der Waals surface area (Å²) < 4.78 is 2.37. The van der Waals surface area contributed by atoms with Crippen molar-refractivity contribution in [1.29, 1.82) is 0 Å². The van der Waals surface area contributed by atoms with Crippen LogP contribution in [0.2, 0.25) is 0 Å². The quantitative estimate of drug-likeness (QED) is 0.324. The average molecular weight is 432 g/mol. The normalized spacial score (nSPS) is 15.8. The minimum Gasteiger partial charge on any atom is -0.348 e. The third kappa shape index (κ3) is 3.49. The van der Waals surface area contributed by atoms with Crippen molar-refractivity contribution in [3.63, 3.8) is 0 Å². The van der Waals surface area contributed by atoms with Gasteiger partial charge in [-0.1, -0.05) is 97.1 Å². The Kier molecular flexibility index (Phi) is 4.78. The molecular formula is C28H21N3S. The molecule has 1 aliphatic rings. The van der Waals surface area contributed by atoms with Crippen LogP contribution in [0.4, 0.5) is 5.95 Å². The number of hydrogen-bond donors (Lipinski definition) is 1. The smallest absolute Gasteiger partial charge is 0.224 e. The maximum Gasteiger partial charge on any atom is 0.224 e. The lowest BCUT2D eigenvalue weighted by Gasteiger charge is -2.19. The van der Waals surface area contributed by atoms with Gasteiger partial charge in [0.25, 0.3) is 0 Å². The molecule has 0 saturated heterocycles. The Labute approximate surface area is 190 Å². The van der Waals surface area contributed by atoms with Crippen LogP contribution in [0.5, 0.6) is 0 Å². The van der Waals surface area contributed by atoms with Crippen LogP contribution < -0.4 is 5.32 Å². The zero-order valence-electron chi connectivity index (χ0n) is 17.4. The second-order valence-electron chi connectivity index (χ2n) is 7.91. The SMILES string of the molecule is C1=CC(c2ccccc2)=CC(Nc2nc(-c3ccccc3)c3sc4ccccc4c3n2)C1. The van der Waals surface area contributed by atoms with Crippen molar-refractivity contribution in [1.82, 2.24) is 9.97 Å². The number of nitrogens with one attached hydrogen (secondary N) is 1. The molecule has 3 nitrogen and oxygen atoms in total. The Hall–Kier alpha value is -3.76. The Balaban J connectivity index is 1.45. The van der Waals surface area contributed by atoms with Crippen molar-refractivity contribution in [2.24, 2.45) is 0 Å². The Bertz CT molecular complexity index is 1470. The van der Waals surface area contributed by atoms with Crippen LogP contribution in [0.1, 0.15) is 12.0 Å². The summed E-state index contributed by atoms with van der Waals surface area (Å²) in [6.07, 6.45) is 7.59. The fourth-order valence-electron chi connectivity index (χ4n) is 4.22. The monoisotopic (exact) mass is 431 g/mol. The fraction of sp³-hybridized carbons (Fsp3) is 0.0714. The topological polar surface area (TPSA) is 37.8 Å². The van der Waals surface area contributed by atoms with E-state index in [-0.39, 0.29) is 6.04 Å². The molecule has 1 atom stereocenters. The van der Waals surface area contributed by atoms with E-state index in [0.717, 1.165) is 27.9 Å². The molecule has 2 heterocycles. The van der Waals surface area contributed by atoms with E-state index in [9.17, 15) is 0 Å². The van der Waals surface area contributed by atoms with E-state index in [4.69, 9.17) is 9.97 Å². The van der Waals surface area contributed by atoms with E-state index in [1.54, 1.807) is 11.3 Å². The van der Waals surface area contributed by atoms with Gasteiger partial charge in [0.2, 0.25) is 5.95 Å². The third-order valence-corrected chi connectivity index (χ3v) is 6.92. The van der Waals surface area contributed by atoms with Gasteiger partial charge in [0.1, 0.15) is 0 Å². The lowest BCUT2D eigenvalue weighted by molar-refractivity contribution is 0.869. The number of rotatable bonds is 4. The molecule has 6 rings (SSSR count). The van der Waals surface area contributed by atoms with Crippen molar-refractivity contribution in [3.05, 3.63) is 109 Å². The number of hydrogen-bond acceptors (Lipinski definition) is 4. The minimum atomic E-state index is 0.140. The predicted octanol–water partition coefficient (Wildman–Crippen LogP) is 7.34. The first-order chi connectivity index (χ1) is 15.8. The molecule has 1 N–H and O–H groups in total. The number of fused-ring (bicyclic) bond motifs is 3. The van der Waals surface area contributed by atoms with Crippen LogP contribution in [-0.2, 0) is 0 Å². The van der Waals surface area contributed by atoms with Gasteiger partial charge >= 0.3 is 0 Å². The van der Waals surface area contributed by atoms with E-state index in [2.05, 4.69) is 96.3 Å². The molecule has 3 aromatic carbocycles. The number of allylic oxidation sites excluding steroid dienone is 2. The maximum atomic E-state index is 4.99. The highest BCUT2D eigenvalue weighted by atomic mass is 32.1. The van der Waals surface area contributed by atoms with E-state index in [1.807, 2.05) is 12.1 Å². The van der Waals surface area contributed by atoms with E-state index in [0.29, 0.717) is 5.95 Å². The Morgan fingerprint density at radius 3 is 2.31 bits per heavy atom. The standard InChI is InChI=1S/C28H21N3S/c1-3-10-19(11-4-1)21-14-9-15-22(18-21)29-28-30-25(20-12-5-2-6-13-20)27-26(31-28)23-16-7-8-17-24(23)32-27/h1-14,16-18,22H,15H2,(H,29,30,31). The molecule has 0 bridgehead atoms. The summed E-state index contributed by atoms with van der Waals surface area (Å²) in [7, 11) is 0. The summed E-state index contributed by atoms with van der Waals surface area (Å²) in [5.74, 6) is 0.670. The van der Waals surface area contributed by atoms with E-state index < -0.39 is 0 Å². The van der Waals surface area contributed by atoms with Crippen molar-refractivity contribution in [3.8, 4) is 11.3 Å². The molecule has 5 aromatic rings. The molecule has 0 saturated carbocycles. The lowest BCUT2D eigenvalue weighted by Crippen LogP contribution is -2.20. The minimum absolute atomic E-state index is 0.140. The molecule has 0 amide bonds. The number of anilines is 1. The first kappa shape index (κ1) is 19.0. The second kappa shape index (κ2) is 8.06. The van der Waals surface area contributed by atoms with Crippen LogP contribution in [0, 0.1) is 0 Å². The summed E-state index contributed by atoms with van der Waals surface area (Å²) in [4.78, 5) is 9.97. The van der Waals surface area contributed by atoms with Crippen molar-refractivity contribution in [2.75, 3.05) is 5.32 Å². The number of aromatic nitrogens is 2. The van der Waals surface area contributed by atoms with Crippen molar-refractivity contribution in [2.45, 2.75) is 12.5 Å². The molecule has 0 radical (unpaired) electrons. The first-order valence-corrected chi connectivity index (χ1v) is 11.6. The Morgan fingerprint density at radius 2 is 1.50 bits per heavy atom. The molecule has 154 valence electrons. The molecule has 0 fully saturated rings. The number of thiophene rings is 1. The fourth-order valence-corrected chi connectivity index (χ4v) is 5.37. The van der Waals surface area contributed by atoms with Gasteiger partial charge in [-0.3, -0.25) is 0 Å². The molecule has 4 heteroatoms. The van der Waals surface area contributed by atoms with Crippen molar-refractivity contribution >= 4 is 43.2 Å². The molecule has 2 aromatic heterocycles. The summed E-state index contributed by atoms with van der Waals surface area (Å²) >= 11 is 1.76. The molecule has 1 aliphatic carbocycles. The van der Waals surface area contributed by atoms with Crippen molar-refractivity contribution < 1.29 is 0 Å². The first-order valence-electron chi connectivity index (χ1n) is 10.8. The highest BCUT2D eigenvalue weighted by molar-refractivity contribution is 7.26. The van der Waals surface area contributed by atoms with Gasteiger partial charge in [0, 0.05) is 15.6 Å². The molecule has 0 spiro atoms.